The van der Waals surface area contributed by atoms with Gasteiger partial charge < -0.3 is 10.5 Å². The fraction of sp³-hybridized carbons (Fsp3) is 0.647. The third-order valence-corrected chi connectivity index (χ3v) is 4.38. The lowest BCUT2D eigenvalue weighted by molar-refractivity contribution is 0.248. The van der Waals surface area contributed by atoms with Crippen molar-refractivity contribution in [1.29, 1.82) is 0 Å². The number of hydrogen-bond acceptors (Lipinski definition) is 3. The number of rotatable bonds is 6. The van der Waals surface area contributed by atoms with Gasteiger partial charge in [-0.2, -0.15) is 0 Å². The van der Waals surface area contributed by atoms with Gasteiger partial charge in [-0.3, -0.25) is 4.90 Å². The van der Waals surface area contributed by atoms with Crippen LogP contribution in [0, 0.1) is 5.92 Å². The first-order valence-electron chi connectivity index (χ1n) is 7.84. The maximum absolute atomic E-state index is 6.02. The number of likely N-dealkylation sites (tertiary alicyclic amines) is 1. The van der Waals surface area contributed by atoms with Crippen LogP contribution < -0.4 is 10.5 Å². The largest absolute Gasteiger partial charge is 0.494 e. The average Bonchev–Trinajstić information content (AvgIpc) is 2.95. The molecular formula is C17H28N2O. The summed E-state index contributed by atoms with van der Waals surface area (Å²) in [4.78, 5) is 2.54. The van der Waals surface area contributed by atoms with Gasteiger partial charge >= 0.3 is 0 Å². The highest BCUT2D eigenvalue weighted by Crippen LogP contribution is 2.29. The van der Waals surface area contributed by atoms with Crippen LogP contribution in [0.25, 0.3) is 0 Å². The van der Waals surface area contributed by atoms with E-state index in [0.717, 1.165) is 31.9 Å². The molecule has 2 rings (SSSR count). The fourth-order valence-corrected chi connectivity index (χ4v) is 2.87. The lowest BCUT2D eigenvalue weighted by atomic mass is 10.0. The number of nitrogens with two attached hydrogens (primary N) is 1. The van der Waals surface area contributed by atoms with Crippen LogP contribution in [0.5, 0.6) is 5.75 Å². The van der Waals surface area contributed by atoms with Crippen molar-refractivity contribution >= 4 is 0 Å². The van der Waals surface area contributed by atoms with E-state index in [1.165, 1.54) is 12.0 Å². The highest BCUT2D eigenvalue weighted by Gasteiger charge is 2.28. The van der Waals surface area contributed by atoms with Gasteiger partial charge in [0.15, 0.2) is 0 Å². The summed E-state index contributed by atoms with van der Waals surface area (Å²) in [7, 11) is 0. The van der Waals surface area contributed by atoms with E-state index in [4.69, 9.17) is 10.5 Å². The minimum absolute atomic E-state index is 0.303. The third kappa shape index (κ3) is 3.74. The zero-order valence-electron chi connectivity index (χ0n) is 13.0. The Balaban J connectivity index is 1.94. The van der Waals surface area contributed by atoms with Crippen LogP contribution >= 0.6 is 0 Å². The van der Waals surface area contributed by atoms with E-state index >= 15 is 0 Å². The Bertz CT molecular complexity index is 402. The Morgan fingerprint density at radius 1 is 1.30 bits per heavy atom. The van der Waals surface area contributed by atoms with Gasteiger partial charge in [-0.15, -0.1) is 0 Å². The van der Waals surface area contributed by atoms with Crippen molar-refractivity contribution in [3.8, 4) is 5.75 Å². The summed E-state index contributed by atoms with van der Waals surface area (Å²) in [6, 6.07) is 9.31. The molecule has 112 valence electrons. The Morgan fingerprint density at radius 2 is 2.00 bits per heavy atom. The van der Waals surface area contributed by atoms with E-state index in [2.05, 4.69) is 49.9 Å². The second-order valence-corrected chi connectivity index (χ2v) is 6.00. The predicted octanol–water partition coefficient (Wildman–Crippen LogP) is 3.21. The summed E-state index contributed by atoms with van der Waals surface area (Å²) in [5, 5.41) is 0. The molecule has 3 nitrogen and oxygen atoms in total. The highest BCUT2D eigenvalue weighted by atomic mass is 16.5. The summed E-state index contributed by atoms with van der Waals surface area (Å²) in [6.45, 7) is 9.59. The third-order valence-electron chi connectivity index (χ3n) is 4.38. The van der Waals surface area contributed by atoms with Crippen LogP contribution in [-0.4, -0.2) is 30.6 Å². The van der Waals surface area contributed by atoms with E-state index in [1.54, 1.807) is 0 Å². The molecule has 0 spiro atoms. The molecule has 0 radical (unpaired) electrons. The molecule has 3 atom stereocenters. The summed E-state index contributed by atoms with van der Waals surface area (Å²) >= 11 is 0. The lowest BCUT2D eigenvalue weighted by Gasteiger charge is -2.25. The number of hydrogen-bond donors (Lipinski definition) is 1. The van der Waals surface area contributed by atoms with Crippen molar-refractivity contribution in [1.82, 2.24) is 4.90 Å². The first-order valence-corrected chi connectivity index (χ1v) is 7.84. The molecular weight excluding hydrogens is 248 g/mol. The fourth-order valence-electron chi connectivity index (χ4n) is 2.87. The van der Waals surface area contributed by atoms with E-state index in [1.807, 2.05) is 0 Å². The van der Waals surface area contributed by atoms with Crippen LogP contribution in [0.15, 0.2) is 24.3 Å². The molecule has 0 aliphatic carbocycles. The molecule has 1 aromatic rings. The number of nitrogens with zero attached hydrogens (tertiary/aromatic N) is 1. The molecule has 1 saturated heterocycles. The van der Waals surface area contributed by atoms with Gasteiger partial charge in [0.05, 0.1) is 6.61 Å². The maximum atomic E-state index is 6.02. The summed E-state index contributed by atoms with van der Waals surface area (Å²) in [6.07, 6.45) is 2.27. The smallest absolute Gasteiger partial charge is 0.119 e. The summed E-state index contributed by atoms with van der Waals surface area (Å²) in [5.74, 6) is 1.61. The SMILES string of the molecule is CCCOc1ccc(C(C)N2CCC(C(C)N)C2)cc1. The Morgan fingerprint density at radius 3 is 2.55 bits per heavy atom. The maximum Gasteiger partial charge on any atom is 0.119 e. The minimum atomic E-state index is 0.303. The Kier molecular flexibility index (Phi) is 5.44. The molecule has 0 bridgehead atoms. The van der Waals surface area contributed by atoms with Gasteiger partial charge in [0.2, 0.25) is 0 Å². The number of ether oxygens (including phenoxy) is 1. The molecule has 20 heavy (non-hydrogen) atoms. The molecule has 0 saturated carbocycles. The van der Waals surface area contributed by atoms with Crippen molar-refractivity contribution in [2.75, 3.05) is 19.7 Å². The minimum Gasteiger partial charge on any atom is -0.494 e. The van der Waals surface area contributed by atoms with Crippen molar-refractivity contribution < 1.29 is 4.74 Å². The zero-order valence-corrected chi connectivity index (χ0v) is 13.0. The first kappa shape index (κ1) is 15.3. The van der Waals surface area contributed by atoms with Gasteiger partial charge in [0, 0.05) is 18.6 Å². The molecule has 0 amide bonds. The van der Waals surface area contributed by atoms with E-state index in [0.29, 0.717) is 18.0 Å². The van der Waals surface area contributed by atoms with Crippen molar-refractivity contribution in [2.45, 2.75) is 45.7 Å². The molecule has 1 fully saturated rings. The topological polar surface area (TPSA) is 38.5 Å². The van der Waals surface area contributed by atoms with Crippen LogP contribution in [0.1, 0.15) is 45.2 Å². The average molecular weight is 276 g/mol. The lowest BCUT2D eigenvalue weighted by Crippen LogP contribution is -2.30. The first-order chi connectivity index (χ1) is 9.61. The summed E-state index contributed by atoms with van der Waals surface area (Å²) < 4.78 is 5.63. The van der Waals surface area contributed by atoms with E-state index in [-0.39, 0.29) is 0 Å². The second-order valence-electron chi connectivity index (χ2n) is 6.00. The number of benzene rings is 1. The van der Waals surface area contributed by atoms with Crippen LogP contribution in [0.3, 0.4) is 0 Å². The normalized spacial score (nSPS) is 22.7. The predicted molar refractivity (Wildman–Crippen MR) is 84.0 cm³/mol. The van der Waals surface area contributed by atoms with Gasteiger partial charge in [-0.05, 0) is 56.8 Å². The van der Waals surface area contributed by atoms with Crippen molar-refractivity contribution in [3.05, 3.63) is 29.8 Å². The zero-order chi connectivity index (χ0) is 14.5. The Labute approximate surface area is 123 Å². The van der Waals surface area contributed by atoms with Crippen LogP contribution in [0.4, 0.5) is 0 Å². The van der Waals surface area contributed by atoms with E-state index < -0.39 is 0 Å². The van der Waals surface area contributed by atoms with E-state index in [9.17, 15) is 0 Å². The molecule has 1 aliphatic heterocycles. The van der Waals surface area contributed by atoms with Crippen LogP contribution in [-0.2, 0) is 0 Å². The van der Waals surface area contributed by atoms with Gasteiger partial charge in [-0.25, -0.2) is 0 Å². The summed E-state index contributed by atoms with van der Waals surface area (Å²) in [5.41, 5.74) is 7.38. The highest BCUT2D eigenvalue weighted by molar-refractivity contribution is 5.29. The molecule has 1 aliphatic rings. The molecule has 2 N–H and O–H groups in total. The van der Waals surface area contributed by atoms with Crippen molar-refractivity contribution in [3.63, 3.8) is 0 Å². The monoisotopic (exact) mass is 276 g/mol. The molecule has 3 heteroatoms. The molecule has 1 heterocycles. The van der Waals surface area contributed by atoms with Crippen molar-refractivity contribution in [2.24, 2.45) is 11.7 Å². The molecule has 0 aromatic heterocycles. The quantitative estimate of drug-likeness (QED) is 0.867. The van der Waals surface area contributed by atoms with Gasteiger partial charge in [0.1, 0.15) is 5.75 Å². The molecule has 1 aromatic carbocycles. The standard InChI is InChI=1S/C17H28N2O/c1-4-11-20-17-7-5-15(6-8-17)14(3)19-10-9-16(12-19)13(2)18/h5-8,13-14,16H,4,9-12,18H2,1-3H3. The Hall–Kier alpha value is -1.06. The van der Waals surface area contributed by atoms with Crippen LogP contribution in [0.2, 0.25) is 0 Å². The van der Waals surface area contributed by atoms with Gasteiger partial charge in [-0.1, -0.05) is 19.1 Å². The van der Waals surface area contributed by atoms with Gasteiger partial charge in [0.25, 0.3) is 0 Å². The second kappa shape index (κ2) is 7.09. The molecule has 3 unspecified atom stereocenters.